The van der Waals surface area contributed by atoms with Crippen LogP contribution in [-0.2, 0) is 6.54 Å². The minimum absolute atomic E-state index is 0.389. The molecular weight excluding hydrogens is 222 g/mol. The van der Waals surface area contributed by atoms with Crippen LogP contribution in [0.2, 0.25) is 5.02 Å². The van der Waals surface area contributed by atoms with Crippen molar-refractivity contribution in [3.63, 3.8) is 0 Å². The van der Waals surface area contributed by atoms with E-state index in [4.69, 9.17) is 17.3 Å². The third-order valence-electron chi connectivity index (χ3n) is 3.27. The summed E-state index contributed by atoms with van der Waals surface area (Å²) in [6.45, 7) is 3.75. The van der Waals surface area contributed by atoms with E-state index in [1.54, 1.807) is 0 Å². The summed E-state index contributed by atoms with van der Waals surface area (Å²) in [4.78, 5) is 6.65. The lowest BCUT2D eigenvalue weighted by Crippen LogP contribution is -2.22. The average Bonchev–Trinajstić information content (AvgIpc) is 2.94. The second-order valence-electron chi connectivity index (χ2n) is 4.66. The van der Waals surface area contributed by atoms with E-state index in [1.165, 1.54) is 6.42 Å². The van der Waals surface area contributed by atoms with Crippen LogP contribution < -0.4 is 10.6 Å². The van der Waals surface area contributed by atoms with Gasteiger partial charge in [0.05, 0.1) is 10.7 Å². The van der Waals surface area contributed by atoms with Gasteiger partial charge in [-0.05, 0) is 30.4 Å². The predicted octanol–water partition coefficient (Wildman–Crippen LogP) is 2.29. The largest absolute Gasteiger partial charge is 0.359 e. The molecule has 2 atom stereocenters. The zero-order chi connectivity index (χ0) is 11.7. The Bertz CT molecular complexity index is 381. The Hall–Kier alpha value is -0.800. The van der Waals surface area contributed by atoms with Gasteiger partial charge in [-0.15, -0.1) is 0 Å². The standard InChI is InChI=1S/C12H18ClN3/c1-8-5-9(8)7-16(2)12-4-3-10(13)11(6-14)15-12/h3-4,8-9H,5-7,14H2,1-2H3. The van der Waals surface area contributed by atoms with Crippen molar-refractivity contribution in [1.82, 2.24) is 4.98 Å². The molecule has 0 spiro atoms. The van der Waals surface area contributed by atoms with Crippen molar-refractivity contribution in [2.75, 3.05) is 18.5 Å². The fraction of sp³-hybridized carbons (Fsp3) is 0.583. The zero-order valence-electron chi connectivity index (χ0n) is 9.78. The van der Waals surface area contributed by atoms with Crippen molar-refractivity contribution in [2.45, 2.75) is 19.9 Å². The first kappa shape index (κ1) is 11.7. The first-order valence-electron chi connectivity index (χ1n) is 5.68. The number of aromatic nitrogens is 1. The van der Waals surface area contributed by atoms with Gasteiger partial charge in [0.1, 0.15) is 5.82 Å². The molecule has 1 heterocycles. The number of nitrogens with zero attached hydrogens (tertiary/aromatic N) is 2. The molecule has 0 radical (unpaired) electrons. The highest BCUT2D eigenvalue weighted by Crippen LogP contribution is 2.38. The topological polar surface area (TPSA) is 42.1 Å². The molecule has 1 aromatic rings. The van der Waals surface area contributed by atoms with Gasteiger partial charge in [-0.2, -0.15) is 0 Å². The van der Waals surface area contributed by atoms with Gasteiger partial charge in [0, 0.05) is 20.1 Å². The number of anilines is 1. The Kier molecular flexibility index (Phi) is 3.36. The fourth-order valence-electron chi connectivity index (χ4n) is 1.93. The summed E-state index contributed by atoms with van der Waals surface area (Å²) in [6, 6.07) is 3.83. The predicted molar refractivity (Wildman–Crippen MR) is 67.7 cm³/mol. The van der Waals surface area contributed by atoms with Crippen LogP contribution in [0.15, 0.2) is 12.1 Å². The van der Waals surface area contributed by atoms with Crippen LogP contribution in [0, 0.1) is 11.8 Å². The lowest BCUT2D eigenvalue weighted by atomic mass is 10.3. The number of rotatable bonds is 4. The number of halogens is 1. The molecule has 2 rings (SSSR count). The van der Waals surface area contributed by atoms with Gasteiger partial charge in [-0.25, -0.2) is 4.98 Å². The molecule has 0 amide bonds. The lowest BCUT2D eigenvalue weighted by Gasteiger charge is -2.19. The summed E-state index contributed by atoms with van der Waals surface area (Å²) in [5, 5.41) is 0.652. The average molecular weight is 240 g/mol. The minimum Gasteiger partial charge on any atom is -0.359 e. The third-order valence-corrected chi connectivity index (χ3v) is 3.62. The third kappa shape index (κ3) is 2.47. The van der Waals surface area contributed by atoms with Gasteiger partial charge < -0.3 is 10.6 Å². The molecule has 2 unspecified atom stereocenters. The summed E-state index contributed by atoms with van der Waals surface area (Å²) in [7, 11) is 2.07. The molecule has 0 saturated heterocycles. The van der Waals surface area contributed by atoms with Crippen molar-refractivity contribution >= 4 is 17.4 Å². The first-order chi connectivity index (χ1) is 7.61. The van der Waals surface area contributed by atoms with Crippen LogP contribution in [0.3, 0.4) is 0 Å². The molecule has 1 aliphatic carbocycles. The Labute approximate surface area is 102 Å². The quantitative estimate of drug-likeness (QED) is 0.877. The van der Waals surface area contributed by atoms with Gasteiger partial charge in [0.2, 0.25) is 0 Å². The van der Waals surface area contributed by atoms with E-state index >= 15 is 0 Å². The molecule has 1 aliphatic rings. The molecular formula is C12H18ClN3. The highest BCUT2D eigenvalue weighted by atomic mass is 35.5. The summed E-state index contributed by atoms with van der Waals surface area (Å²) >= 11 is 5.98. The SMILES string of the molecule is CC1CC1CN(C)c1ccc(Cl)c(CN)n1. The maximum atomic E-state index is 5.98. The molecule has 4 heteroatoms. The van der Waals surface area contributed by atoms with Crippen molar-refractivity contribution in [3.8, 4) is 0 Å². The van der Waals surface area contributed by atoms with E-state index in [0.717, 1.165) is 29.9 Å². The highest BCUT2D eigenvalue weighted by Gasteiger charge is 2.33. The molecule has 0 bridgehead atoms. The molecule has 2 N–H and O–H groups in total. The van der Waals surface area contributed by atoms with Crippen molar-refractivity contribution in [1.29, 1.82) is 0 Å². The molecule has 1 saturated carbocycles. The minimum atomic E-state index is 0.389. The zero-order valence-corrected chi connectivity index (χ0v) is 10.5. The maximum Gasteiger partial charge on any atom is 0.128 e. The van der Waals surface area contributed by atoms with Crippen molar-refractivity contribution in [2.24, 2.45) is 17.6 Å². The lowest BCUT2D eigenvalue weighted by molar-refractivity contribution is 0.718. The summed E-state index contributed by atoms with van der Waals surface area (Å²) in [5.41, 5.74) is 6.36. The van der Waals surface area contributed by atoms with Crippen LogP contribution in [0.5, 0.6) is 0 Å². The number of nitrogens with two attached hydrogens (primary N) is 1. The Morgan fingerprint density at radius 2 is 2.25 bits per heavy atom. The maximum absolute atomic E-state index is 5.98. The second-order valence-corrected chi connectivity index (χ2v) is 5.06. The summed E-state index contributed by atoms with van der Waals surface area (Å²) in [6.07, 6.45) is 1.33. The van der Waals surface area contributed by atoms with E-state index < -0.39 is 0 Å². The summed E-state index contributed by atoms with van der Waals surface area (Å²) < 4.78 is 0. The van der Waals surface area contributed by atoms with Crippen LogP contribution in [0.4, 0.5) is 5.82 Å². The van der Waals surface area contributed by atoms with Crippen molar-refractivity contribution < 1.29 is 0 Å². The van der Waals surface area contributed by atoms with E-state index in [9.17, 15) is 0 Å². The number of pyridine rings is 1. The van der Waals surface area contributed by atoms with Gasteiger partial charge in [0.25, 0.3) is 0 Å². The molecule has 0 aromatic carbocycles. The van der Waals surface area contributed by atoms with Gasteiger partial charge in [-0.1, -0.05) is 18.5 Å². The van der Waals surface area contributed by atoms with Gasteiger partial charge in [0.15, 0.2) is 0 Å². The molecule has 1 fully saturated rings. The Balaban J connectivity index is 2.07. The smallest absolute Gasteiger partial charge is 0.128 e. The Morgan fingerprint density at radius 1 is 1.56 bits per heavy atom. The fourth-order valence-corrected chi connectivity index (χ4v) is 2.11. The Morgan fingerprint density at radius 3 is 2.81 bits per heavy atom. The van der Waals surface area contributed by atoms with E-state index in [1.807, 2.05) is 12.1 Å². The van der Waals surface area contributed by atoms with E-state index in [-0.39, 0.29) is 0 Å². The molecule has 1 aromatic heterocycles. The van der Waals surface area contributed by atoms with Gasteiger partial charge in [-0.3, -0.25) is 0 Å². The molecule has 88 valence electrons. The monoisotopic (exact) mass is 239 g/mol. The number of hydrogen-bond acceptors (Lipinski definition) is 3. The summed E-state index contributed by atoms with van der Waals surface area (Å²) in [5.74, 6) is 2.65. The van der Waals surface area contributed by atoms with Crippen LogP contribution in [0.1, 0.15) is 19.0 Å². The van der Waals surface area contributed by atoms with Gasteiger partial charge >= 0.3 is 0 Å². The van der Waals surface area contributed by atoms with Crippen LogP contribution in [-0.4, -0.2) is 18.6 Å². The van der Waals surface area contributed by atoms with Crippen LogP contribution >= 0.6 is 11.6 Å². The van der Waals surface area contributed by atoms with E-state index in [2.05, 4.69) is 23.9 Å². The second kappa shape index (κ2) is 4.60. The molecule has 0 aliphatic heterocycles. The molecule has 16 heavy (non-hydrogen) atoms. The molecule has 3 nitrogen and oxygen atoms in total. The van der Waals surface area contributed by atoms with Crippen LogP contribution in [0.25, 0.3) is 0 Å². The van der Waals surface area contributed by atoms with E-state index in [0.29, 0.717) is 11.6 Å². The number of hydrogen-bond donors (Lipinski definition) is 1. The highest BCUT2D eigenvalue weighted by molar-refractivity contribution is 6.31. The first-order valence-corrected chi connectivity index (χ1v) is 6.06. The normalized spacial score (nSPS) is 23.2. The van der Waals surface area contributed by atoms with Crippen molar-refractivity contribution in [3.05, 3.63) is 22.8 Å².